The van der Waals surface area contributed by atoms with Crippen LogP contribution in [-0.2, 0) is 35.3 Å². The molecule has 1 unspecified atom stereocenters. The Hall–Kier alpha value is -3.17. The maximum absolute atomic E-state index is 12.9. The van der Waals surface area contributed by atoms with Gasteiger partial charge in [-0.1, -0.05) is 38.1 Å². The third kappa shape index (κ3) is 6.22. The van der Waals surface area contributed by atoms with E-state index < -0.39 is 21.3 Å². The summed E-state index contributed by atoms with van der Waals surface area (Å²) in [6.45, 7) is 5.45. The largest absolute Gasteiger partial charge is 0.416 e. The molecule has 0 bridgehead atoms. The Bertz CT molecular complexity index is 1400. The fourth-order valence-corrected chi connectivity index (χ4v) is 5.43. The first-order chi connectivity index (χ1) is 17.3. The lowest BCUT2D eigenvalue weighted by Gasteiger charge is -2.27. The number of carbonyl (C=O) groups is 1. The topological polar surface area (TPSA) is 62.3 Å². The van der Waals surface area contributed by atoms with E-state index in [2.05, 4.69) is 34.9 Å². The average Bonchev–Trinajstić information content (AvgIpc) is 3.19. The van der Waals surface area contributed by atoms with Gasteiger partial charge in [0, 0.05) is 37.0 Å². The molecule has 2 aromatic carbocycles. The molecule has 3 aromatic rings. The van der Waals surface area contributed by atoms with E-state index >= 15 is 0 Å². The van der Waals surface area contributed by atoms with Crippen LogP contribution in [0.25, 0.3) is 0 Å². The van der Waals surface area contributed by atoms with Crippen molar-refractivity contribution in [2.24, 2.45) is 5.92 Å². The molecule has 0 aliphatic carbocycles. The second kappa shape index (κ2) is 10.3. The number of nitrogens with zero attached hydrogens (tertiary/aromatic N) is 2. The number of nitrogens with one attached hydrogen (secondary N) is 1. The van der Waals surface area contributed by atoms with E-state index in [1.165, 1.54) is 12.1 Å². The van der Waals surface area contributed by atoms with Gasteiger partial charge in [0.25, 0.3) is 5.91 Å². The zero-order chi connectivity index (χ0) is 27.0. The van der Waals surface area contributed by atoms with Crippen LogP contribution in [0.5, 0.6) is 0 Å². The number of benzene rings is 2. The Morgan fingerprint density at radius 2 is 1.86 bits per heavy atom. The van der Waals surface area contributed by atoms with Gasteiger partial charge in [0.1, 0.15) is 0 Å². The van der Waals surface area contributed by atoms with Gasteiger partial charge in [0.05, 0.1) is 22.9 Å². The van der Waals surface area contributed by atoms with Crippen LogP contribution in [0.4, 0.5) is 13.2 Å². The van der Waals surface area contributed by atoms with Gasteiger partial charge in [-0.25, -0.2) is 0 Å². The minimum Gasteiger partial charge on any atom is -0.348 e. The summed E-state index contributed by atoms with van der Waals surface area (Å²) in [6.07, 6.45) is -1.22. The normalized spacial score (nSPS) is 17.4. The van der Waals surface area contributed by atoms with Crippen molar-refractivity contribution in [3.05, 3.63) is 94.3 Å². The minimum atomic E-state index is -4.36. The van der Waals surface area contributed by atoms with Gasteiger partial charge in [0.2, 0.25) is 0 Å². The monoisotopic (exact) mass is 529 g/mol. The molecule has 4 rings (SSSR count). The van der Waals surface area contributed by atoms with Crippen LogP contribution in [0.15, 0.2) is 65.7 Å². The van der Waals surface area contributed by atoms with Crippen molar-refractivity contribution in [1.82, 2.24) is 15.2 Å². The van der Waals surface area contributed by atoms with Crippen LogP contribution in [0, 0.1) is 5.92 Å². The summed E-state index contributed by atoms with van der Waals surface area (Å²) in [5.41, 5.74) is 3.19. The molecule has 1 amide bonds. The highest BCUT2D eigenvalue weighted by molar-refractivity contribution is 7.99. The second-order valence-electron chi connectivity index (χ2n) is 9.89. The molecule has 1 aliphatic rings. The van der Waals surface area contributed by atoms with Crippen molar-refractivity contribution in [2.45, 2.75) is 50.6 Å². The molecule has 0 radical (unpaired) electrons. The van der Waals surface area contributed by atoms with Crippen molar-refractivity contribution >= 4 is 21.3 Å². The first-order valence-corrected chi connectivity index (χ1v) is 14.0. The summed E-state index contributed by atoms with van der Waals surface area (Å²) in [7, 11) is -2.35. The molecule has 5 nitrogen and oxygen atoms in total. The first kappa shape index (κ1) is 26.9. The highest BCUT2D eigenvalue weighted by atomic mass is 32.2. The Labute approximate surface area is 215 Å². The maximum Gasteiger partial charge on any atom is 0.416 e. The standard InChI is InChI=1S/C28H30F3N3O2S/c1-18(2)26-25-22(17-34(26)16-19-8-10-23(11-9-19)28(29,30)31)13-21(15-32-25)27(35)33-14-20-6-5-7-24(12-20)37(3,4)36/h5-13,15,18,26H,3,14,16-17H2,1-2,4H3,(H,33,35)/t26-,37?/m0/s1. The molecule has 1 aliphatic heterocycles. The van der Waals surface area contributed by atoms with Gasteiger partial charge in [-0.3, -0.25) is 18.9 Å². The predicted octanol–water partition coefficient (Wildman–Crippen LogP) is 5.45. The van der Waals surface area contributed by atoms with Crippen molar-refractivity contribution in [3.8, 4) is 0 Å². The van der Waals surface area contributed by atoms with E-state index in [-0.39, 0.29) is 24.4 Å². The summed E-state index contributed by atoms with van der Waals surface area (Å²) in [4.78, 5) is 20.3. The molecule has 1 aromatic heterocycles. The van der Waals surface area contributed by atoms with Crippen LogP contribution in [0.3, 0.4) is 0 Å². The lowest BCUT2D eigenvalue weighted by Crippen LogP contribution is -2.25. The summed E-state index contributed by atoms with van der Waals surface area (Å²) >= 11 is 0. The zero-order valence-corrected chi connectivity index (χ0v) is 21.8. The number of hydrogen-bond donors (Lipinski definition) is 1. The van der Waals surface area contributed by atoms with Gasteiger partial charge >= 0.3 is 6.18 Å². The van der Waals surface area contributed by atoms with Crippen LogP contribution < -0.4 is 5.32 Å². The highest BCUT2D eigenvalue weighted by Crippen LogP contribution is 2.39. The van der Waals surface area contributed by atoms with Crippen molar-refractivity contribution in [2.75, 3.05) is 6.26 Å². The van der Waals surface area contributed by atoms with Gasteiger partial charge in [-0.2, -0.15) is 13.2 Å². The molecular weight excluding hydrogens is 499 g/mol. The van der Waals surface area contributed by atoms with Gasteiger partial charge in [0.15, 0.2) is 0 Å². The molecule has 0 saturated carbocycles. The molecule has 37 heavy (non-hydrogen) atoms. The number of pyridine rings is 1. The van der Waals surface area contributed by atoms with Gasteiger partial charge in [-0.15, -0.1) is 0 Å². The Balaban J connectivity index is 1.47. The molecule has 2 atom stereocenters. The first-order valence-electron chi connectivity index (χ1n) is 11.9. The smallest absolute Gasteiger partial charge is 0.348 e. The molecular formula is C28H30F3N3O2S. The Morgan fingerprint density at radius 1 is 1.16 bits per heavy atom. The van der Waals surface area contributed by atoms with Crippen molar-refractivity contribution in [1.29, 1.82) is 0 Å². The van der Waals surface area contributed by atoms with Crippen LogP contribution in [-0.4, -0.2) is 32.1 Å². The van der Waals surface area contributed by atoms with Crippen molar-refractivity contribution in [3.63, 3.8) is 0 Å². The van der Waals surface area contributed by atoms with E-state index in [0.29, 0.717) is 23.5 Å². The lowest BCUT2D eigenvalue weighted by molar-refractivity contribution is -0.137. The quantitative estimate of drug-likeness (QED) is 0.414. The summed E-state index contributed by atoms with van der Waals surface area (Å²) in [5, 5.41) is 2.89. The van der Waals surface area contributed by atoms with E-state index in [9.17, 15) is 22.2 Å². The minimum absolute atomic E-state index is 0.0105. The maximum atomic E-state index is 12.9. The molecule has 9 heteroatoms. The predicted molar refractivity (Wildman–Crippen MR) is 140 cm³/mol. The number of carbonyl (C=O) groups excluding carboxylic acids is 1. The fraction of sp³-hybridized carbons (Fsp3) is 0.321. The number of rotatable bonds is 7. The van der Waals surface area contributed by atoms with Gasteiger partial charge in [-0.05, 0) is 68.3 Å². The number of aromatic nitrogens is 1. The molecule has 0 saturated heterocycles. The van der Waals surface area contributed by atoms with E-state index in [0.717, 1.165) is 34.5 Å². The van der Waals surface area contributed by atoms with E-state index in [1.54, 1.807) is 30.7 Å². The number of alkyl halides is 3. The highest BCUT2D eigenvalue weighted by Gasteiger charge is 2.35. The average molecular weight is 530 g/mol. The molecule has 0 fully saturated rings. The second-order valence-corrected chi connectivity index (χ2v) is 12.4. The van der Waals surface area contributed by atoms with Crippen molar-refractivity contribution < 1.29 is 22.2 Å². The lowest BCUT2D eigenvalue weighted by atomic mass is 9.99. The van der Waals surface area contributed by atoms with Gasteiger partial charge < -0.3 is 5.32 Å². The third-order valence-corrected chi connectivity index (χ3v) is 7.71. The number of fused-ring (bicyclic) bond motifs is 1. The molecule has 2 heterocycles. The fourth-order valence-electron chi connectivity index (χ4n) is 4.66. The van der Waals surface area contributed by atoms with E-state index in [4.69, 9.17) is 0 Å². The summed E-state index contributed by atoms with van der Waals surface area (Å²) in [6, 6.07) is 14.2. The molecule has 1 N–H and O–H groups in total. The van der Waals surface area contributed by atoms with E-state index in [1.807, 2.05) is 12.1 Å². The SMILES string of the molecule is C=S(C)(=O)c1cccc(CNC(=O)c2cnc3c(c2)CN(Cc2ccc(C(F)(F)F)cc2)[C@H]3C(C)C)c1. The number of amides is 1. The summed E-state index contributed by atoms with van der Waals surface area (Å²) in [5.74, 6) is 3.66. The molecule has 196 valence electrons. The number of hydrogen-bond acceptors (Lipinski definition) is 4. The Kier molecular flexibility index (Phi) is 7.48. The van der Waals surface area contributed by atoms with Crippen LogP contribution >= 0.6 is 0 Å². The third-order valence-electron chi connectivity index (χ3n) is 6.46. The van der Waals surface area contributed by atoms with Crippen LogP contribution in [0.1, 0.15) is 58.2 Å². The number of halogens is 3. The zero-order valence-electron chi connectivity index (χ0n) is 21.0. The Morgan fingerprint density at radius 3 is 2.49 bits per heavy atom. The van der Waals surface area contributed by atoms with Crippen LogP contribution in [0.2, 0.25) is 0 Å². The molecule has 0 spiro atoms. The summed E-state index contributed by atoms with van der Waals surface area (Å²) < 4.78 is 51.0.